The molecule has 12 aromatic rings. The molecular weight excluding hydrogens is 768 g/mol. The Morgan fingerprint density at radius 3 is 1.73 bits per heavy atom. The van der Waals surface area contributed by atoms with Crippen molar-refractivity contribution in [3.8, 4) is 44.8 Å². The molecule has 3 heterocycles. The standard InChI is InChI=1S/C54H41B7N2O/c55-46-43(47(56)51(60)53-44(46)45-48(57)49(58)50(59)52(61)54(45)62(53)32-21-23-36-35-16-8-10-18-41(35)64-42(36)27-32)31-20-24-39-37(25-31)34-22-19-30(28-11-3-1-4-12-28)26-40(34)63(39)38-17-9-7-15-33(38)29-13-5-2-6-14-29/h1-27H,55-61H2. The quantitative estimate of drug-likeness (QED) is 0.246. The van der Waals surface area contributed by atoms with Gasteiger partial charge in [-0.3, -0.25) is 0 Å². The zero-order valence-electron chi connectivity index (χ0n) is 37.4. The van der Waals surface area contributed by atoms with Gasteiger partial charge in [-0.1, -0.05) is 148 Å². The lowest BCUT2D eigenvalue weighted by Gasteiger charge is -2.19. The Hall–Kier alpha value is -7.17. The second-order valence-corrected chi connectivity index (χ2v) is 17.9. The summed E-state index contributed by atoms with van der Waals surface area (Å²) in [5.41, 5.74) is 25.6. The largest absolute Gasteiger partial charge is 0.456 e. The molecule has 64 heavy (non-hydrogen) atoms. The number of aromatic nitrogens is 2. The van der Waals surface area contributed by atoms with Crippen molar-refractivity contribution >= 4 is 159 Å². The molecule has 0 saturated heterocycles. The molecule has 0 fully saturated rings. The summed E-state index contributed by atoms with van der Waals surface area (Å²) in [5.74, 6) is 0. The summed E-state index contributed by atoms with van der Waals surface area (Å²) in [6, 6.07) is 59.7. The molecule has 10 heteroatoms. The first-order valence-corrected chi connectivity index (χ1v) is 22.4. The predicted octanol–water partition coefficient (Wildman–Crippen LogP) is 2.59. The first-order chi connectivity index (χ1) is 31.2. The van der Waals surface area contributed by atoms with E-state index in [1.54, 1.807) is 0 Å². The fraction of sp³-hybridized carbons (Fsp3) is 0. The number of fused-ring (bicyclic) bond motifs is 9. The third-order valence-electron chi connectivity index (χ3n) is 14.6. The zero-order chi connectivity index (χ0) is 43.5. The van der Waals surface area contributed by atoms with E-state index in [0.717, 1.165) is 27.6 Å². The number of hydrogen-bond acceptors (Lipinski definition) is 1. The molecule has 0 radical (unpaired) electrons. The maximum atomic E-state index is 6.51. The van der Waals surface area contributed by atoms with Gasteiger partial charge in [0.2, 0.25) is 0 Å². The molecule has 0 atom stereocenters. The summed E-state index contributed by atoms with van der Waals surface area (Å²) >= 11 is 0. The topological polar surface area (TPSA) is 23.0 Å². The highest BCUT2D eigenvalue weighted by molar-refractivity contribution is 6.69. The van der Waals surface area contributed by atoms with Gasteiger partial charge in [-0.25, -0.2) is 0 Å². The van der Waals surface area contributed by atoms with Crippen LogP contribution in [0.4, 0.5) is 0 Å². The van der Waals surface area contributed by atoms with E-state index in [9.17, 15) is 0 Å². The molecule has 0 amide bonds. The summed E-state index contributed by atoms with van der Waals surface area (Å²) in [6.45, 7) is 0. The molecule has 0 bridgehead atoms. The number of benzene rings is 9. The van der Waals surface area contributed by atoms with Crippen LogP contribution in [0, 0.1) is 0 Å². The highest BCUT2D eigenvalue weighted by Crippen LogP contribution is 2.40. The Labute approximate surface area is 379 Å². The number of furan rings is 1. The summed E-state index contributed by atoms with van der Waals surface area (Å²) in [6.07, 6.45) is 0. The van der Waals surface area contributed by atoms with Gasteiger partial charge >= 0.3 is 0 Å². The van der Waals surface area contributed by atoms with E-state index < -0.39 is 0 Å². The van der Waals surface area contributed by atoms with Gasteiger partial charge in [-0.15, -0.1) is 5.46 Å². The van der Waals surface area contributed by atoms with Crippen LogP contribution in [0.2, 0.25) is 0 Å². The van der Waals surface area contributed by atoms with Crippen LogP contribution in [0.25, 0.3) is 110 Å². The van der Waals surface area contributed by atoms with Crippen LogP contribution >= 0.6 is 0 Å². The Kier molecular flexibility index (Phi) is 8.69. The van der Waals surface area contributed by atoms with Crippen molar-refractivity contribution in [1.29, 1.82) is 0 Å². The van der Waals surface area contributed by atoms with E-state index in [0.29, 0.717) is 0 Å². The predicted molar refractivity (Wildman–Crippen MR) is 296 cm³/mol. The molecule has 12 rings (SSSR count). The third kappa shape index (κ3) is 5.51. The van der Waals surface area contributed by atoms with Crippen molar-refractivity contribution in [3.05, 3.63) is 164 Å². The minimum absolute atomic E-state index is 0.907. The van der Waals surface area contributed by atoms with E-state index in [1.807, 2.05) is 6.07 Å². The molecule has 3 nitrogen and oxygen atoms in total. The molecule has 0 aliphatic rings. The van der Waals surface area contributed by atoms with Crippen molar-refractivity contribution in [2.24, 2.45) is 0 Å². The Balaban J connectivity index is 1.14. The summed E-state index contributed by atoms with van der Waals surface area (Å²) in [4.78, 5) is 0. The number of hydrogen-bond donors (Lipinski definition) is 0. The van der Waals surface area contributed by atoms with Gasteiger partial charge in [0.1, 0.15) is 66.1 Å². The molecule has 0 saturated carbocycles. The van der Waals surface area contributed by atoms with Crippen LogP contribution in [-0.4, -0.2) is 64.1 Å². The molecular formula is C54H41B7N2O. The Morgan fingerprint density at radius 1 is 0.344 bits per heavy atom. The van der Waals surface area contributed by atoms with Crippen LogP contribution in [0.5, 0.6) is 0 Å². The Bertz CT molecular complexity index is 3930. The fourth-order valence-electron chi connectivity index (χ4n) is 11.0. The van der Waals surface area contributed by atoms with Crippen LogP contribution in [-0.2, 0) is 0 Å². The maximum Gasteiger partial charge on any atom is 0.141 e. The maximum absolute atomic E-state index is 6.51. The van der Waals surface area contributed by atoms with Crippen molar-refractivity contribution < 1.29 is 4.42 Å². The SMILES string of the molecule is Bc1c(B)c(B)c2c(c1B)c1c(B)c(-c3ccc4c(c3)c3ccc(-c5ccccc5)cc3n4-c3ccccc3-c3ccccc3)c(B)c(B)c1n2-c1ccc2c(c1)oc1ccccc12. The Morgan fingerprint density at radius 2 is 0.953 bits per heavy atom. The molecule has 9 aromatic carbocycles. The van der Waals surface area contributed by atoms with Gasteiger partial charge in [0.05, 0.1) is 16.7 Å². The van der Waals surface area contributed by atoms with E-state index >= 15 is 0 Å². The van der Waals surface area contributed by atoms with Gasteiger partial charge in [0.15, 0.2) is 0 Å². The third-order valence-corrected chi connectivity index (χ3v) is 14.6. The molecule has 0 spiro atoms. The minimum Gasteiger partial charge on any atom is -0.456 e. The van der Waals surface area contributed by atoms with Crippen molar-refractivity contribution in [1.82, 2.24) is 9.13 Å². The number of nitrogens with zero attached hydrogens (tertiary/aromatic N) is 2. The molecule has 0 N–H and O–H groups in total. The average Bonchev–Trinajstić information content (AvgIpc) is 4.00. The molecule has 294 valence electrons. The molecule has 0 aliphatic carbocycles. The number of rotatable bonds is 5. The number of para-hydroxylation sites is 2. The highest BCUT2D eigenvalue weighted by atomic mass is 16.3. The van der Waals surface area contributed by atoms with Gasteiger partial charge < -0.3 is 13.6 Å². The van der Waals surface area contributed by atoms with E-state index in [2.05, 4.69) is 222 Å². The smallest absolute Gasteiger partial charge is 0.141 e. The lowest BCUT2D eigenvalue weighted by molar-refractivity contribution is 0.668. The van der Waals surface area contributed by atoms with Crippen molar-refractivity contribution in [2.75, 3.05) is 0 Å². The van der Waals surface area contributed by atoms with E-state index in [-0.39, 0.29) is 0 Å². The normalized spacial score (nSPS) is 11.9. The summed E-state index contributed by atoms with van der Waals surface area (Å²) in [5, 5.41) is 7.44. The summed E-state index contributed by atoms with van der Waals surface area (Å²) < 4.78 is 11.5. The minimum atomic E-state index is 0.907. The monoisotopic (exact) mass is 810 g/mol. The van der Waals surface area contributed by atoms with Gasteiger partial charge in [-0.2, -0.15) is 0 Å². The molecule has 0 aliphatic heterocycles. The first kappa shape index (κ1) is 38.5. The van der Waals surface area contributed by atoms with Crippen LogP contribution in [0.3, 0.4) is 0 Å². The lowest BCUT2D eigenvalue weighted by atomic mass is 9.64. The van der Waals surface area contributed by atoms with Crippen LogP contribution in [0.1, 0.15) is 0 Å². The van der Waals surface area contributed by atoms with Gasteiger partial charge in [-0.05, 0) is 75.7 Å². The zero-order valence-corrected chi connectivity index (χ0v) is 37.4. The summed E-state index contributed by atoms with van der Waals surface area (Å²) in [7, 11) is 16.2. The van der Waals surface area contributed by atoms with Gasteiger partial charge in [0, 0.05) is 55.3 Å². The second kappa shape index (κ2) is 14.4. The van der Waals surface area contributed by atoms with E-state index in [4.69, 9.17) is 4.42 Å². The fourth-order valence-corrected chi connectivity index (χ4v) is 11.0. The second-order valence-electron chi connectivity index (χ2n) is 17.9. The van der Waals surface area contributed by atoms with Gasteiger partial charge in [0.25, 0.3) is 0 Å². The van der Waals surface area contributed by atoms with Crippen molar-refractivity contribution in [3.63, 3.8) is 0 Å². The van der Waals surface area contributed by atoms with Crippen molar-refractivity contribution in [2.45, 2.75) is 0 Å². The lowest BCUT2D eigenvalue weighted by Crippen LogP contribution is -2.48. The van der Waals surface area contributed by atoms with Crippen LogP contribution in [0.15, 0.2) is 168 Å². The first-order valence-electron chi connectivity index (χ1n) is 22.4. The average molecular weight is 810 g/mol. The molecule has 3 aromatic heterocycles. The highest BCUT2D eigenvalue weighted by Gasteiger charge is 2.26. The van der Waals surface area contributed by atoms with Crippen LogP contribution < -0.4 is 38.2 Å². The van der Waals surface area contributed by atoms with E-state index in [1.165, 1.54) is 121 Å². The molecule has 0 unspecified atom stereocenters.